The first-order valence-corrected chi connectivity index (χ1v) is 11.7. The number of urea groups is 1. The van der Waals surface area contributed by atoms with Gasteiger partial charge < -0.3 is 38.9 Å². The van der Waals surface area contributed by atoms with Crippen LogP contribution in [0.5, 0.6) is 0 Å². The highest BCUT2D eigenvalue weighted by Crippen LogP contribution is 2.36. The van der Waals surface area contributed by atoms with Crippen LogP contribution in [0.1, 0.15) is 5.56 Å². The largest absolute Gasteiger partial charge is 1.00 e. The van der Waals surface area contributed by atoms with Crippen molar-refractivity contribution in [2.24, 2.45) is 0 Å². The Labute approximate surface area is 232 Å². The number of likely N-dealkylation sites (N-methyl/N-ethyl adjacent to an activating group) is 1. The molecule has 0 aliphatic heterocycles. The third-order valence-electron chi connectivity index (χ3n) is 5.37. The molecule has 3 rings (SSSR count). The van der Waals surface area contributed by atoms with Crippen molar-refractivity contribution in [3.63, 3.8) is 0 Å². The number of alkyl halides is 3. The van der Waals surface area contributed by atoms with E-state index in [9.17, 15) is 33.2 Å². The van der Waals surface area contributed by atoms with Crippen LogP contribution in [0.2, 0.25) is 0 Å². The molecule has 0 saturated carbocycles. The van der Waals surface area contributed by atoms with Crippen LogP contribution in [0.15, 0.2) is 53.9 Å². The van der Waals surface area contributed by atoms with Gasteiger partial charge in [0.05, 0.1) is 55.7 Å². The molecular formula is C23H25F3IN5O4S. The lowest BCUT2D eigenvalue weighted by atomic mass is 10.1. The molecule has 0 aliphatic rings. The predicted molar refractivity (Wildman–Crippen MR) is 130 cm³/mol. The minimum absolute atomic E-state index is 0. The van der Waals surface area contributed by atoms with E-state index in [-0.39, 0.29) is 53.6 Å². The molecule has 1 heterocycles. The quantitative estimate of drug-likeness (QED) is 0.159. The molecule has 200 valence electrons. The molecule has 0 unspecified atom stereocenters. The molecule has 0 fully saturated rings. The number of anilines is 2. The minimum Gasteiger partial charge on any atom is -1.00 e. The molecule has 0 radical (unpaired) electrons. The Kier molecular flexibility index (Phi) is 10.4. The van der Waals surface area contributed by atoms with Crippen LogP contribution < -0.4 is 34.2 Å². The van der Waals surface area contributed by atoms with Crippen LogP contribution in [0.3, 0.4) is 0 Å². The lowest BCUT2D eigenvalue weighted by Gasteiger charge is -2.29. The summed E-state index contributed by atoms with van der Waals surface area (Å²) in [6, 6.07) is 9.43. The molecule has 3 aromatic rings. The number of nitrogens with one attached hydrogen (secondary N) is 1. The third-order valence-corrected chi connectivity index (χ3v) is 6.20. The summed E-state index contributed by atoms with van der Waals surface area (Å²) in [6.07, 6.45) is -4.61. The Morgan fingerprint density at radius 3 is 2.54 bits per heavy atom. The van der Waals surface area contributed by atoms with Crippen LogP contribution in [-0.2, 0) is 6.18 Å². The summed E-state index contributed by atoms with van der Waals surface area (Å²) in [5, 5.41) is 24.7. The molecule has 14 heteroatoms. The van der Waals surface area contributed by atoms with E-state index < -0.39 is 22.7 Å². The number of quaternary nitrogens is 1. The van der Waals surface area contributed by atoms with Crippen molar-refractivity contribution in [2.75, 3.05) is 45.2 Å². The second-order valence-corrected chi connectivity index (χ2v) is 9.38. The fourth-order valence-corrected chi connectivity index (χ4v) is 4.19. The van der Waals surface area contributed by atoms with Crippen molar-refractivity contribution >= 4 is 33.9 Å². The first kappa shape index (κ1) is 30.4. The zero-order valence-corrected chi connectivity index (χ0v) is 22.9. The molecule has 1 aromatic heterocycles. The van der Waals surface area contributed by atoms with Gasteiger partial charge in [-0.15, -0.1) is 11.3 Å². The normalized spacial score (nSPS) is 11.5. The Morgan fingerprint density at radius 2 is 1.89 bits per heavy atom. The first-order valence-electron chi connectivity index (χ1n) is 10.8. The molecule has 37 heavy (non-hydrogen) atoms. The van der Waals surface area contributed by atoms with Gasteiger partial charge in [-0.1, -0.05) is 18.2 Å². The number of nitro groups is 1. The Morgan fingerprint density at radius 1 is 1.19 bits per heavy atom. The average Bonchev–Trinajstić information content (AvgIpc) is 3.28. The monoisotopic (exact) mass is 651 g/mol. The van der Waals surface area contributed by atoms with Gasteiger partial charge in [0.15, 0.2) is 5.13 Å². The number of non-ortho nitro benzene ring substituents is 1. The van der Waals surface area contributed by atoms with Gasteiger partial charge in [-0.05, 0) is 18.2 Å². The lowest BCUT2D eigenvalue weighted by Crippen LogP contribution is -3.00. The van der Waals surface area contributed by atoms with Crippen LogP contribution in [0.25, 0.3) is 11.3 Å². The summed E-state index contributed by atoms with van der Waals surface area (Å²) in [7, 11) is 3.75. The highest BCUT2D eigenvalue weighted by Gasteiger charge is 2.32. The number of amides is 2. The molecule has 0 bridgehead atoms. The number of carbonyl (C=O) groups excluding carboxylic acids is 1. The number of nitro benzene ring substituents is 1. The number of benzene rings is 2. The summed E-state index contributed by atoms with van der Waals surface area (Å²) < 4.78 is 40.5. The third kappa shape index (κ3) is 8.08. The number of nitrogens with zero attached hydrogens (tertiary/aromatic N) is 4. The van der Waals surface area contributed by atoms with Crippen molar-refractivity contribution in [3.8, 4) is 11.3 Å². The second kappa shape index (κ2) is 12.6. The fraction of sp³-hybridized carbons (Fsp3) is 0.304. The number of aromatic nitrogens is 1. The zero-order valence-electron chi connectivity index (χ0n) is 19.9. The topological polar surface area (TPSA) is 109 Å². The van der Waals surface area contributed by atoms with E-state index in [4.69, 9.17) is 0 Å². The maximum absolute atomic E-state index is 13.4. The van der Waals surface area contributed by atoms with Crippen LogP contribution >= 0.6 is 11.3 Å². The van der Waals surface area contributed by atoms with Crippen molar-refractivity contribution in [2.45, 2.75) is 6.18 Å². The van der Waals surface area contributed by atoms with E-state index in [0.717, 1.165) is 28.4 Å². The molecule has 0 saturated heterocycles. The highest BCUT2D eigenvalue weighted by atomic mass is 127. The summed E-state index contributed by atoms with van der Waals surface area (Å²) in [4.78, 5) is 29.2. The summed E-state index contributed by atoms with van der Waals surface area (Å²) in [5.41, 5.74) is -0.332. The Balaban J connectivity index is 0.00000481. The van der Waals surface area contributed by atoms with E-state index >= 15 is 0 Å². The average molecular weight is 651 g/mol. The molecule has 2 aromatic carbocycles. The van der Waals surface area contributed by atoms with E-state index in [1.807, 2.05) is 14.1 Å². The molecular weight excluding hydrogens is 626 g/mol. The van der Waals surface area contributed by atoms with Gasteiger partial charge in [-0.3, -0.25) is 10.1 Å². The zero-order chi connectivity index (χ0) is 26.5. The smallest absolute Gasteiger partial charge is 0.416 e. The van der Waals surface area contributed by atoms with E-state index in [2.05, 4.69) is 10.3 Å². The van der Waals surface area contributed by atoms with Gasteiger partial charge in [-0.25, -0.2) is 14.7 Å². The summed E-state index contributed by atoms with van der Waals surface area (Å²) >= 11 is 1.02. The Hall–Kier alpha value is -2.82. The summed E-state index contributed by atoms with van der Waals surface area (Å²) in [5.74, 6) is 0. The number of thiazole rings is 1. The molecule has 2 amide bonds. The molecule has 9 nitrogen and oxygen atoms in total. The predicted octanol–water partition coefficient (Wildman–Crippen LogP) is 1.66. The molecule has 0 atom stereocenters. The molecule has 2 N–H and O–H groups in total. The van der Waals surface area contributed by atoms with Crippen molar-refractivity contribution in [3.05, 3.63) is 69.6 Å². The number of carbonyl (C=O) groups is 1. The van der Waals surface area contributed by atoms with Gasteiger partial charge in [0, 0.05) is 23.1 Å². The van der Waals surface area contributed by atoms with Gasteiger partial charge >= 0.3 is 12.2 Å². The number of aliphatic hydroxyl groups excluding tert-OH is 1. The number of aliphatic hydroxyl groups is 1. The minimum atomic E-state index is -4.61. The lowest BCUT2D eigenvalue weighted by molar-refractivity contribution is -0.889. The van der Waals surface area contributed by atoms with E-state index in [1.165, 1.54) is 30.3 Å². The van der Waals surface area contributed by atoms with E-state index in [0.29, 0.717) is 28.8 Å². The fourth-order valence-electron chi connectivity index (χ4n) is 3.34. The molecule has 0 spiro atoms. The number of hydrogen-bond acceptors (Lipinski definition) is 6. The van der Waals surface area contributed by atoms with Gasteiger partial charge in [-0.2, -0.15) is 13.2 Å². The number of halogens is 4. The van der Waals surface area contributed by atoms with Crippen molar-refractivity contribution in [1.29, 1.82) is 0 Å². The van der Waals surface area contributed by atoms with Gasteiger partial charge in [0.1, 0.15) is 6.54 Å². The van der Waals surface area contributed by atoms with Gasteiger partial charge in [0.25, 0.3) is 5.69 Å². The maximum Gasteiger partial charge on any atom is 0.416 e. The van der Waals surface area contributed by atoms with Crippen LogP contribution in [0.4, 0.5) is 34.5 Å². The highest BCUT2D eigenvalue weighted by molar-refractivity contribution is 7.14. The maximum atomic E-state index is 13.4. The SMILES string of the molecule is C[N+](C)(CCO)CCNC(=O)N(c1cccc(C(F)(F)F)c1)c1nc(-c2cccc([N+](=O)[O-])c2)cs1.[I-]. The van der Waals surface area contributed by atoms with Gasteiger partial charge in [0.2, 0.25) is 0 Å². The second-order valence-electron chi connectivity index (χ2n) is 8.54. The Bertz CT molecular complexity index is 1240. The first-order chi connectivity index (χ1) is 16.9. The van der Waals surface area contributed by atoms with Crippen molar-refractivity contribution < 1.29 is 56.5 Å². The van der Waals surface area contributed by atoms with Crippen molar-refractivity contribution in [1.82, 2.24) is 10.3 Å². The van der Waals surface area contributed by atoms with E-state index in [1.54, 1.807) is 11.4 Å². The number of rotatable bonds is 9. The summed E-state index contributed by atoms with van der Waals surface area (Å²) in [6.45, 7) is 1.10. The standard InChI is InChI=1S/C23H24F3N5O4S.HI/c1-31(2,11-12-32)10-9-27-21(33)29(18-7-4-6-17(14-18)23(24,25)26)22-28-20(15-36-22)16-5-3-8-19(13-16)30(34)35;/h3-8,13-15,32H,9-12H2,1-2H3;1H. The number of hydrogen-bond donors (Lipinski definition) is 2. The molecule has 0 aliphatic carbocycles. The van der Waals surface area contributed by atoms with Crippen LogP contribution in [-0.4, -0.2) is 65.9 Å². The van der Waals surface area contributed by atoms with Crippen LogP contribution in [0, 0.1) is 10.1 Å².